The van der Waals surface area contributed by atoms with E-state index < -0.39 is 24.3 Å². The van der Waals surface area contributed by atoms with Gasteiger partial charge in [0.25, 0.3) is 0 Å². The van der Waals surface area contributed by atoms with Crippen LogP contribution in [0, 0.1) is 16.7 Å². The van der Waals surface area contributed by atoms with E-state index in [0.717, 1.165) is 18.6 Å². The Balaban J connectivity index is 2.23. The van der Waals surface area contributed by atoms with Crippen LogP contribution in [0.15, 0.2) is 4.99 Å². The minimum absolute atomic E-state index is 0.0360. The number of hydrogen-bond donors (Lipinski definition) is 0. The van der Waals surface area contributed by atoms with Gasteiger partial charge in [-0.2, -0.15) is 0 Å². The third kappa shape index (κ3) is 2.93. The zero-order chi connectivity index (χ0) is 16.8. The molecule has 0 heterocycles. The van der Waals surface area contributed by atoms with Gasteiger partial charge in [0.2, 0.25) is 0 Å². The third-order valence-corrected chi connectivity index (χ3v) is 5.89. The molecule has 0 saturated heterocycles. The number of fused-ring (bicyclic) bond motifs is 2. The molecule has 2 fully saturated rings. The molecule has 2 bridgehead atoms. The molecule has 2 aliphatic carbocycles. The topological polar surface area (TPSA) is 38.7 Å². The van der Waals surface area contributed by atoms with Gasteiger partial charge >= 0.3 is 5.97 Å². The van der Waals surface area contributed by atoms with Gasteiger partial charge in [-0.25, -0.2) is 4.79 Å². The molecule has 3 nitrogen and oxygen atoms in total. The van der Waals surface area contributed by atoms with E-state index in [0.29, 0.717) is 5.92 Å². The third-order valence-electron chi connectivity index (χ3n) is 5.89. The van der Waals surface area contributed by atoms with Crippen molar-refractivity contribution < 1.29 is 13.9 Å². The summed E-state index contributed by atoms with van der Waals surface area (Å²) in [5.74, 6) is 0.225. The van der Waals surface area contributed by atoms with Crippen LogP contribution in [-0.4, -0.2) is 30.0 Å². The fourth-order valence-corrected chi connectivity index (χ4v) is 4.02. The average molecular weight is 311 g/mol. The van der Waals surface area contributed by atoms with Gasteiger partial charge in [-0.3, -0.25) is 9.38 Å². The van der Waals surface area contributed by atoms with Gasteiger partial charge in [-0.15, -0.1) is 0 Å². The number of halogens is 1. The van der Waals surface area contributed by atoms with Crippen molar-refractivity contribution in [2.45, 2.75) is 78.9 Å². The highest BCUT2D eigenvalue weighted by Gasteiger charge is 2.59. The fourth-order valence-electron chi connectivity index (χ4n) is 4.02. The highest BCUT2D eigenvalue weighted by atomic mass is 19.1. The normalized spacial score (nSPS) is 33.2. The number of hydrogen-bond acceptors (Lipinski definition) is 3. The van der Waals surface area contributed by atoms with Gasteiger partial charge in [-0.05, 0) is 51.4 Å². The highest BCUT2D eigenvalue weighted by molar-refractivity contribution is 5.96. The van der Waals surface area contributed by atoms with Gasteiger partial charge in [-0.1, -0.05) is 20.8 Å². The van der Waals surface area contributed by atoms with Crippen molar-refractivity contribution in [1.29, 1.82) is 0 Å². The summed E-state index contributed by atoms with van der Waals surface area (Å²) in [4.78, 5) is 17.0. The number of rotatable bonds is 4. The number of carbonyl (C=O) groups excluding carboxylic acids is 1. The van der Waals surface area contributed by atoms with E-state index in [-0.39, 0.29) is 17.3 Å². The zero-order valence-electron chi connectivity index (χ0n) is 14.8. The number of aliphatic imine (C=N–C) groups is 1. The molecule has 22 heavy (non-hydrogen) atoms. The summed E-state index contributed by atoms with van der Waals surface area (Å²) in [6.45, 7) is 11.8. The number of alkyl halides is 1. The second-order valence-corrected chi connectivity index (χ2v) is 8.60. The molecular weight excluding hydrogens is 281 g/mol. The molecule has 0 aliphatic heterocycles. The number of carbonyl (C=O) groups is 1. The zero-order valence-corrected chi connectivity index (χ0v) is 14.8. The lowest BCUT2D eigenvalue weighted by Gasteiger charge is -2.35. The van der Waals surface area contributed by atoms with Crippen LogP contribution < -0.4 is 0 Å². The predicted octanol–water partition coefficient (Wildman–Crippen LogP) is 4.34. The molecule has 4 heteroatoms. The summed E-state index contributed by atoms with van der Waals surface area (Å²) in [5.41, 5.74) is 0.774. The first-order valence-electron chi connectivity index (χ1n) is 8.37. The Morgan fingerprint density at radius 2 is 2.05 bits per heavy atom. The molecule has 0 aromatic rings. The van der Waals surface area contributed by atoms with Crippen molar-refractivity contribution >= 4 is 11.7 Å². The molecule has 0 N–H and O–H groups in total. The Labute approximate surface area is 133 Å². The maximum atomic E-state index is 12.9. The van der Waals surface area contributed by atoms with Crippen molar-refractivity contribution in [2.24, 2.45) is 21.7 Å². The molecule has 2 rings (SSSR count). The van der Waals surface area contributed by atoms with Crippen molar-refractivity contribution in [1.82, 2.24) is 0 Å². The maximum Gasteiger partial charge on any atom is 0.331 e. The minimum Gasteiger partial charge on any atom is -0.458 e. The van der Waals surface area contributed by atoms with Crippen molar-refractivity contribution in [3.8, 4) is 0 Å². The van der Waals surface area contributed by atoms with Crippen LogP contribution in [0.4, 0.5) is 4.39 Å². The fraction of sp³-hybridized carbons (Fsp3) is 0.889. The highest BCUT2D eigenvalue weighted by Crippen LogP contribution is 2.64. The molecule has 2 aliphatic rings. The summed E-state index contributed by atoms with van der Waals surface area (Å²) in [5, 5.41) is 0. The smallest absolute Gasteiger partial charge is 0.331 e. The summed E-state index contributed by atoms with van der Waals surface area (Å²) < 4.78 is 18.3. The van der Waals surface area contributed by atoms with Gasteiger partial charge < -0.3 is 4.74 Å². The summed E-state index contributed by atoms with van der Waals surface area (Å²) in [7, 11) is 0. The average Bonchev–Trinajstić information content (AvgIpc) is 2.69. The molecule has 0 radical (unpaired) electrons. The van der Waals surface area contributed by atoms with Crippen LogP contribution in [0.3, 0.4) is 0 Å². The standard InChI is InChI=1S/C18H30FNO2/c1-16(2,3)22-15(21)13(8-10-19)20-14-11-12-7-9-18(14,6)17(12,4)5/h12-13H,7-11H2,1-6H3/t12?,13-,18?/m1/s1. The van der Waals surface area contributed by atoms with Crippen molar-refractivity contribution in [2.75, 3.05) is 6.67 Å². The Morgan fingerprint density at radius 3 is 2.45 bits per heavy atom. The summed E-state index contributed by atoms with van der Waals surface area (Å²) in [6.07, 6.45) is 3.39. The molecule has 2 saturated carbocycles. The Bertz CT molecular complexity index is 478. The quantitative estimate of drug-likeness (QED) is 0.724. The monoisotopic (exact) mass is 311 g/mol. The SMILES string of the molecule is CC(C)(C)OC(=O)[C@@H](CCF)N=C1CC2CCC1(C)C2(C)C. The minimum atomic E-state index is -0.703. The van der Waals surface area contributed by atoms with Crippen LogP contribution in [0.1, 0.15) is 67.2 Å². The van der Waals surface area contributed by atoms with Gasteiger partial charge in [0.05, 0.1) is 6.67 Å². The number of nitrogens with zero attached hydrogens (tertiary/aromatic N) is 1. The molecule has 126 valence electrons. The number of ether oxygens (including phenoxy) is 1. The van der Waals surface area contributed by atoms with Crippen LogP contribution in [0.5, 0.6) is 0 Å². The summed E-state index contributed by atoms with van der Waals surface area (Å²) in [6, 6.07) is -0.703. The van der Waals surface area contributed by atoms with E-state index in [9.17, 15) is 9.18 Å². The molecular formula is C18H30FNO2. The first kappa shape index (κ1) is 17.4. The Hall–Kier alpha value is -0.930. The predicted molar refractivity (Wildman–Crippen MR) is 86.9 cm³/mol. The van der Waals surface area contributed by atoms with Gasteiger partial charge in [0, 0.05) is 17.5 Å². The Morgan fingerprint density at radius 1 is 1.41 bits per heavy atom. The van der Waals surface area contributed by atoms with Gasteiger partial charge in [0.1, 0.15) is 11.6 Å². The van der Waals surface area contributed by atoms with E-state index in [1.165, 1.54) is 6.42 Å². The molecule has 0 aromatic carbocycles. The lowest BCUT2D eigenvalue weighted by atomic mass is 9.70. The van der Waals surface area contributed by atoms with E-state index in [1.807, 2.05) is 20.8 Å². The number of esters is 1. The second kappa shape index (κ2) is 5.61. The van der Waals surface area contributed by atoms with Crippen molar-refractivity contribution in [3.63, 3.8) is 0 Å². The molecule has 0 spiro atoms. The van der Waals surface area contributed by atoms with Gasteiger partial charge in [0.15, 0.2) is 0 Å². The van der Waals surface area contributed by atoms with E-state index >= 15 is 0 Å². The molecule has 0 aromatic heterocycles. The Kier molecular flexibility index (Phi) is 4.44. The van der Waals surface area contributed by atoms with E-state index in [4.69, 9.17) is 9.73 Å². The van der Waals surface area contributed by atoms with Crippen LogP contribution in [0.2, 0.25) is 0 Å². The molecule has 3 atom stereocenters. The lowest BCUT2D eigenvalue weighted by molar-refractivity contribution is -0.156. The first-order chi connectivity index (χ1) is 10.0. The molecule has 2 unspecified atom stereocenters. The van der Waals surface area contributed by atoms with Crippen LogP contribution in [0.25, 0.3) is 0 Å². The first-order valence-corrected chi connectivity index (χ1v) is 8.37. The lowest BCUT2D eigenvalue weighted by Crippen LogP contribution is -2.36. The van der Waals surface area contributed by atoms with Crippen molar-refractivity contribution in [3.05, 3.63) is 0 Å². The van der Waals surface area contributed by atoms with Crippen LogP contribution >= 0.6 is 0 Å². The van der Waals surface area contributed by atoms with Crippen LogP contribution in [-0.2, 0) is 9.53 Å². The largest absolute Gasteiger partial charge is 0.458 e. The summed E-state index contributed by atoms with van der Waals surface area (Å²) >= 11 is 0. The van der Waals surface area contributed by atoms with E-state index in [2.05, 4.69) is 20.8 Å². The second-order valence-electron chi connectivity index (χ2n) is 8.60. The van der Waals surface area contributed by atoms with E-state index in [1.54, 1.807) is 0 Å². The molecule has 0 amide bonds. The maximum absolute atomic E-state index is 12.9.